The van der Waals surface area contributed by atoms with Gasteiger partial charge in [-0.3, -0.25) is 20.4 Å². The molecule has 0 heterocycles. The molecule has 64 heavy (non-hydrogen) atoms. The molecule has 16 nitrogen and oxygen atoms in total. The third-order valence-electron chi connectivity index (χ3n) is 9.63. The fourth-order valence-electron chi connectivity index (χ4n) is 6.63. The topological polar surface area (TPSA) is 169 Å². The van der Waals surface area contributed by atoms with Crippen LogP contribution in [0.15, 0.2) is 66.7 Å². The Morgan fingerprint density at radius 3 is 1.25 bits per heavy atom. The van der Waals surface area contributed by atoms with E-state index in [1.807, 2.05) is 51.1 Å². The fourth-order valence-corrected chi connectivity index (χ4v) is 6.63. The van der Waals surface area contributed by atoms with Gasteiger partial charge in [0.2, 0.25) is 5.75 Å². The SMILES string of the molecule is CCOCCOCCOCCOc1cc(C(=O)NNC(=O)c2ccc3ccc4cccc5ccc2c3c45)cc(OCCOCCOCCOCC)c1OCCOCCOCCOCC. The van der Waals surface area contributed by atoms with Crippen molar-refractivity contribution < 1.29 is 66.4 Å². The quantitative estimate of drug-likeness (QED) is 0.0276. The largest absolute Gasteiger partial charge is 0.487 e. The Labute approximate surface area is 375 Å². The molecule has 5 aromatic carbocycles. The molecule has 0 aliphatic heterocycles. The van der Waals surface area contributed by atoms with Crippen molar-refractivity contribution in [3.8, 4) is 17.2 Å². The lowest BCUT2D eigenvalue weighted by molar-refractivity contribution is 0.00864. The summed E-state index contributed by atoms with van der Waals surface area (Å²) in [5.74, 6) is -0.387. The van der Waals surface area contributed by atoms with E-state index < -0.39 is 11.8 Å². The van der Waals surface area contributed by atoms with Gasteiger partial charge >= 0.3 is 0 Å². The number of rotatable bonds is 35. The van der Waals surface area contributed by atoms with E-state index in [1.54, 1.807) is 6.07 Å². The Morgan fingerprint density at radius 2 is 0.781 bits per heavy atom. The van der Waals surface area contributed by atoms with Crippen LogP contribution in [0, 0.1) is 0 Å². The van der Waals surface area contributed by atoms with Crippen LogP contribution in [-0.4, -0.2) is 151 Å². The van der Waals surface area contributed by atoms with Crippen LogP contribution in [0.2, 0.25) is 0 Å². The Balaban J connectivity index is 1.27. The van der Waals surface area contributed by atoms with Crippen LogP contribution in [0.3, 0.4) is 0 Å². The van der Waals surface area contributed by atoms with Gasteiger partial charge in [-0.2, -0.15) is 0 Å². The van der Waals surface area contributed by atoms with Crippen molar-refractivity contribution in [2.45, 2.75) is 20.8 Å². The second-order valence-corrected chi connectivity index (χ2v) is 14.0. The minimum atomic E-state index is -0.610. The number of carbonyl (C=O) groups is 2. The molecule has 0 aliphatic carbocycles. The van der Waals surface area contributed by atoms with Crippen molar-refractivity contribution in [1.82, 2.24) is 10.9 Å². The molecule has 0 atom stereocenters. The summed E-state index contributed by atoms with van der Waals surface area (Å²) in [6.07, 6.45) is 0. The monoisotopic (exact) mass is 892 g/mol. The summed E-state index contributed by atoms with van der Waals surface area (Å²) < 4.78 is 68.3. The summed E-state index contributed by atoms with van der Waals surface area (Å²) in [7, 11) is 0. The summed E-state index contributed by atoms with van der Waals surface area (Å²) in [5, 5.41) is 6.03. The van der Waals surface area contributed by atoms with Crippen LogP contribution in [0.25, 0.3) is 32.3 Å². The van der Waals surface area contributed by atoms with Gasteiger partial charge in [0.05, 0.1) is 99.1 Å². The third-order valence-corrected chi connectivity index (χ3v) is 9.63. The van der Waals surface area contributed by atoms with Crippen molar-refractivity contribution >= 4 is 44.1 Å². The van der Waals surface area contributed by atoms with Gasteiger partial charge < -0.3 is 56.8 Å². The summed E-state index contributed by atoms with van der Waals surface area (Å²) >= 11 is 0. The van der Waals surface area contributed by atoms with Gasteiger partial charge in [-0.1, -0.05) is 48.5 Å². The van der Waals surface area contributed by atoms with E-state index in [-0.39, 0.29) is 62.5 Å². The minimum Gasteiger partial charge on any atom is -0.487 e. The molecule has 5 aromatic rings. The smallest absolute Gasteiger partial charge is 0.270 e. The van der Waals surface area contributed by atoms with E-state index in [4.69, 9.17) is 56.8 Å². The zero-order valence-corrected chi connectivity index (χ0v) is 37.4. The van der Waals surface area contributed by atoms with Crippen molar-refractivity contribution in [1.29, 1.82) is 0 Å². The van der Waals surface area contributed by atoms with Crippen LogP contribution in [-0.2, 0) is 42.6 Å². The van der Waals surface area contributed by atoms with Crippen LogP contribution < -0.4 is 25.1 Å². The molecule has 0 unspecified atom stereocenters. The first-order valence-electron chi connectivity index (χ1n) is 22.1. The maximum absolute atomic E-state index is 13.8. The predicted molar refractivity (Wildman–Crippen MR) is 242 cm³/mol. The molecule has 350 valence electrons. The molecular formula is C48H64N2O14. The average molecular weight is 893 g/mol. The zero-order valence-electron chi connectivity index (χ0n) is 37.4. The molecule has 0 radical (unpaired) electrons. The highest BCUT2D eigenvalue weighted by molar-refractivity contribution is 6.26. The van der Waals surface area contributed by atoms with Gasteiger partial charge in [0, 0.05) is 30.9 Å². The number of amides is 2. The predicted octanol–water partition coefficient (Wildman–Crippen LogP) is 6.00. The van der Waals surface area contributed by atoms with E-state index >= 15 is 0 Å². The lowest BCUT2D eigenvalue weighted by atomic mass is 9.92. The zero-order chi connectivity index (χ0) is 45.0. The minimum absolute atomic E-state index is 0.118. The molecule has 2 N–H and O–H groups in total. The fraction of sp³-hybridized carbons (Fsp3) is 0.500. The molecule has 0 saturated carbocycles. The summed E-state index contributed by atoms with van der Waals surface area (Å²) in [6.45, 7) is 14.0. The van der Waals surface area contributed by atoms with E-state index in [2.05, 4.69) is 29.1 Å². The Morgan fingerprint density at radius 1 is 0.406 bits per heavy atom. The summed E-state index contributed by atoms with van der Waals surface area (Å²) in [4.78, 5) is 27.6. The summed E-state index contributed by atoms with van der Waals surface area (Å²) in [6, 6.07) is 20.9. The standard InChI is InChI=1S/C48H64N2O14/c1-4-53-16-19-56-22-25-59-28-31-62-42-34-39(47(51)49-50-48(52)41-15-13-38-11-10-36-8-7-9-37-12-14-40(41)45(38)44(36)37)35-43(63-32-29-60-26-23-57-20-17-54-5-2)46(42)64-33-30-61-27-24-58-21-18-55-6-3/h7-15,34-35H,4-6,16-33H2,1-3H3,(H,49,51)(H,50,52). The van der Waals surface area contributed by atoms with Crippen molar-refractivity contribution in [2.24, 2.45) is 0 Å². The number of nitrogens with one attached hydrogen (secondary N) is 2. The molecule has 0 aliphatic rings. The second-order valence-electron chi connectivity index (χ2n) is 14.0. The number of hydrogen-bond donors (Lipinski definition) is 2. The molecular weight excluding hydrogens is 829 g/mol. The van der Waals surface area contributed by atoms with Gasteiger partial charge in [-0.15, -0.1) is 0 Å². The van der Waals surface area contributed by atoms with Gasteiger partial charge in [0.15, 0.2) is 11.5 Å². The normalized spacial score (nSPS) is 11.5. The lowest BCUT2D eigenvalue weighted by Gasteiger charge is -2.19. The van der Waals surface area contributed by atoms with Crippen LogP contribution in [0.4, 0.5) is 0 Å². The van der Waals surface area contributed by atoms with Crippen molar-refractivity contribution in [3.05, 3.63) is 77.9 Å². The van der Waals surface area contributed by atoms with Gasteiger partial charge in [-0.05, 0) is 71.3 Å². The van der Waals surface area contributed by atoms with Gasteiger partial charge in [0.1, 0.15) is 19.8 Å². The highest BCUT2D eigenvalue weighted by atomic mass is 16.6. The van der Waals surface area contributed by atoms with E-state index in [9.17, 15) is 9.59 Å². The molecule has 16 heteroatoms. The van der Waals surface area contributed by atoms with Crippen LogP contribution >= 0.6 is 0 Å². The van der Waals surface area contributed by atoms with E-state index in [0.717, 1.165) is 32.3 Å². The molecule has 5 rings (SSSR count). The number of ether oxygens (including phenoxy) is 12. The first kappa shape index (κ1) is 50.1. The Kier molecular flexibility index (Phi) is 23.1. The van der Waals surface area contributed by atoms with Crippen molar-refractivity contribution in [3.63, 3.8) is 0 Å². The maximum atomic E-state index is 13.8. The Bertz CT molecular complexity index is 2040. The van der Waals surface area contributed by atoms with E-state index in [0.29, 0.717) is 105 Å². The number of carbonyl (C=O) groups excluding carboxylic acids is 2. The Hall–Kier alpha value is -4.88. The number of hydrogen-bond acceptors (Lipinski definition) is 14. The third kappa shape index (κ3) is 16.3. The number of benzene rings is 5. The van der Waals surface area contributed by atoms with Crippen molar-refractivity contribution in [2.75, 3.05) is 139 Å². The number of hydrazine groups is 1. The lowest BCUT2D eigenvalue weighted by Crippen LogP contribution is -2.41. The maximum Gasteiger partial charge on any atom is 0.270 e. The van der Waals surface area contributed by atoms with Gasteiger partial charge in [-0.25, -0.2) is 0 Å². The van der Waals surface area contributed by atoms with E-state index in [1.165, 1.54) is 12.1 Å². The van der Waals surface area contributed by atoms with Crippen LogP contribution in [0.1, 0.15) is 41.5 Å². The first-order valence-corrected chi connectivity index (χ1v) is 22.1. The average Bonchev–Trinajstić information content (AvgIpc) is 3.31. The summed E-state index contributed by atoms with van der Waals surface area (Å²) in [5.41, 5.74) is 5.75. The first-order chi connectivity index (χ1) is 31.5. The highest BCUT2D eigenvalue weighted by Gasteiger charge is 2.21. The molecule has 0 saturated heterocycles. The molecule has 0 fully saturated rings. The van der Waals surface area contributed by atoms with Crippen LogP contribution in [0.5, 0.6) is 17.2 Å². The van der Waals surface area contributed by atoms with Gasteiger partial charge in [0.25, 0.3) is 11.8 Å². The second kappa shape index (κ2) is 29.5. The molecule has 0 bridgehead atoms. The molecule has 0 aromatic heterocycles. The molecule has 0 spiro atoms. The molecule has 2 amide bonds. The highest BCUT2D eigenvalue weighted by Crippen LogP contribution is 2.39.